The molecule has 1 N–H and O–H groups in total. The molecule has 0 saturated carbocycles. The fraction of sp³-hybridized carbons (Fsp3) is 0.188. The van der Waals surface area contributed by atoms with E-state index in [2.05, 4.69) is 5.10 Å². The Morgan fingerprint density at radius 2 is 2.00 bits per heavy atom. The van der Waals surface area contributed by atoms with Crippen molar-refractivity contribution >= 4 is 22.5 Å². The predicted molar refractivity (Wildman–Crippen MR) is 80.8 cm³/mol. The molecule has 0 aliphatic heterocycles. The van der Waals surface area contributed by atoms with Crippen molar-refractivity contribution in [1.82, 2.24) is 9.78 Å². The highest BCUT2D eigenvalue weighted by Crippen LogP contribution is 2.25. The molecule has 0 radical (unpaired) electrons. The zero-order valence-corrected chi connectivity index (χ0v) is 11.9. The van der Waals surface area contributed by atoms with Gasteiger partial charge in [-0.1, -0.05) is 41.9 Å². The van der Waals surface area contributed by atoms with Crippen LogP contribution >= 0.6 is 11.6 Å². The molecule has 102 valence electrons. The summed E-state index contributed by atoms with van der Waals surface area (Å²) in [5.41, 5.74) is 2.78. The first-order valence-electron chi connectivity index (χ1n) is 6.49. The lowest BCUT2D eigenvalue weighted by molar-refractivity contribution is 0.177. The van der Waals surface area contributed by atoms with Crippen molar-refractivity contribution in [3.63, 3.8) is 0 Å². The van der Waals surface area contributed by atoms with Crippen LogP contribution in [-0.2, 0) is 13.5 Å². The normalized spacial score (nSPS) is 12.8. The van der Waals surface area contributed by atoms with Crippen LogP contribution in [0.5, 0.6) is 0 Å². The van der Waals surface area contributed by atoms with Crippen LogP contribution in [0.2, 0.25) is 5.02 Å². The van der Waals surface area contributed by atoms with Crippen LogP contribution in [0.3, 0.4) is 0 Å². The minimum absolute atomic E-state index is 0.474. The average Bonchev–Trinajstić information content (AvgIpc) is 2.76. The zero-order chi connectivity index (χ0) is 14.1. The van der Waals surface area contributed by atoms with E-state index in [0.717, 1.165) is 22.2 Å². The van der Waals surface area contributed by atoms with E-state index in [1.165, 1.54) is 0 Å². The Labute approximate surface area is 122 Å². The molecule has 1 atom stereocenters. The lowest BCUT2D eigenvalue weighted by Gasteiger charge is -2.09. The maximum absolute atomic E-state index is 10.4. The Balaban J connectivity index is 1.93. The third kappa shape index (κ3) is 2.42. The summed E-state index contributed by atoms with van der Waals surface area (Å²) in [5, 5.41) is 16.6. The molecule has 0 fully saturated rings. The van der Waals surface area contributed by atoms with Gasteiger partial charge in [0.25, 0.3) is 0 Å². The Kier molecular flexibility index (Phi) is 3.47. The molecular formula is C16H15ClN2O. The van der Waals surface area contributed by atoms with Gasteiger partial charge < -0.3 is 5.11 Å². The number of rotatable bonds is 3. The first-order chi connectivity index (χ1) is 9.65. The lowest BCUT2D eigenvalue weighted by atomic mass is 10.0. The van der Waals surface area contributed by atoms with Crippen LogP contribution < -0.4 is 0 Å². The van der Waals surface area contributed by atoms with E-state index < -0.39 is 6.10 Å². The monoisotopic (exact) mass is 286 g/mol. The molecule has 1 heterocycles. The lowest BCUT2D eigenvalue weighted by Crippen LogP contribution is -2.03. The average molecular weight is 287 g/mol. The predicted octanol–water partition coefficient (Wildman–Crippen LogP) is 3.50. The molecular weight excluding hydrogens is 272 g/mol. The van der Waals surface area contributed by atoms with Crippen molar-refractivity contribution < 1.29 is 5.11 Å². The van der Waals surface area contributed by atoms with E-state index in [1.54, 1.807) is 12.1 Å². The molecule has 0 aliphatic rings. The number of nitrogens with zero attached hydrogens (tertiary/aromatic N) is 2. The van der Waals surface area contributed by atoms with Crippen LogP contribution in [0, 0.1) is 0 Å². The number of aromatic nitrogens is 2. The van der Waals surface area contributed by atoms with Crippen molar-refractivity contribution in [3.8, 4) is 0 Å². The van der Waals surface area contributed by atoms with Crippen LogP contribution in [0.1, 0.15) is 17.4 Å². The number of hydrogen-bond acceptors (Lipinski definition) is 2. The van der Waals surface area contributed by atoms with Crippen LogP contribution in [0.25, 0.3) is 10.9 Å². The van der Waals surface area contributed by atoms with E-state index in [1.807, 2.05) is 48.1 Å². The van der Waals surface area contributed by atoms with Gasteiger partial charge in [-0.05, 0) is 23.8 Å². The molecule has 0 aliphatic carbocycles. The van der Waals surface area contributed by atoms with E-state index >= 15 is 0 Å². The SMILES string of the molecule is Cn1nc(CC(O)c2cccc(Cl)c2)c2ccccc21. The molecule has 3 aromatic rings. The van der Waals surface area contributed by atoms with Gasteiger partial charge in [-0.15, -0.1) is 0 Å². The molecule has 0 bridgehead atoms. The summed E-state index contributed by atoms with van der Waals surface area (Å²) in [6, 6.07) is 15.3. The second-order valence-corrected chi connectivity index (χ2v) is 5.30. The van der Waals surface area contributed by atoms with Gasteiger partial charge in [0, 0.05) is 23.9 Å². The number of aliphatic hydroxyl groups is 1. The summed E-state index contributed by atoms with van der Waals surface area (Å²) in [6.07, 6.45) is -0.131. The minimum atomic E-state index is -0.605. The summed E-state index contributed by atoms with van der Waals surface area (Å²) < 4.78 is 1.84. The third-order valence-electron chi connectivity index (χ3n) is 3.45. The van der Waals surface area contributed by atoms with Crippen molar-refractivity contribution in [2.45, 2.75) is 12.5 Å². The highest BCUT2D eigenvalue weighted by Gasteiger charge is 2.14. The largest absolute Gasteiger partial charge is 0.388 e. The Hall–Kier alpha value is -1.84. The molecule has 3 nitrogen and oxygen atoms in total. The number of hydrogen-bond donors (Lipinski definition) is 1. The molecule has 3 rings (SSSR count). The number of benzene rings is 2. The Morgan fingerprint density at radius 1 is 1.20 bits per heavy atom. The standard InChI is InChI=1S/C16H15ClN2O/c1-19-15-8-3-2-7-13(15)14(18-19)10-16(20)11-5-4-6-12(17)9-11/h2-9,16,20H,10H2,1H3. The number of fused-ring (bicyclic) bond motifs is 1. The topological polar surface area (TPSA) is 38.0 Å². The molecule has 20 heavy (non-hydrogen) atoms. The van der Waals surface area contributed by atoms with E-state index in [4.69, 9.17) is 11.6 Å². The minimum Gasteiger partial charge on any atom is -0.388 e. The van der Waals surface area contributed by atoms with Crippen LogP contribution in [-0.4, -0.2) is 14.9 Å². The second kappa shape index (κ2) is 5.27. The van der Waals surface area contributed by atoms with Crippen molar-refractivity contribution in [2.75, 3.05) is 0 Å². The summed E-state index contributed by atoms with van der Waals surface area (Å²) >= 11 is 5.96. The summed E-state index contributed by atoms with van der Waals surface area (Å²) in [4.78, 5) is 0. The summed E-state index contributed by atoms with van der Waals surface area (Å²) in [6.45, 7) is 0. The van der Waals surface area contributed by atoms with Crippen LogP contribution in [0.4, 0.5) is 0 Å². The van der Waals surface area contributed by atoms with Gasteiger partial charge in [-0.3, -0.25) is 4.68 Å². The number of halogens is 1. The zero-order valence-electron chi connectivity index (χ0n) is 11.1. The molecule has 0 amide bonds. The number of para-hydroxylation sites is 1. The molecule has 1 unspecified atom stereocenters. The van der Waals surface area contributed by atoms with Crippen molar-refractivity contribution in [2.24, 2.45) is 7.05 Å². The van der Waals surface area contributed by atoms with Gasteiger partial charge in [0.05, 0.1) is 17.3 Å². The summed E-state index contributed by atoms with van der Waals surface area (Å²) in [5.74, 6) is 0. The maximum Gasteiger partial charge on any atom is 0.0846 e. The van der Waals surface area contributed by atoms with Gasteiger partial charge >= 0.3 is 0 Å². The fourth-order valence-corrected chi connectivity index (χ4v) is 2.65. The smallest absolute Gasteiger partial charge is 0.0846 e. The Morgan fingerprint density at radius 3 is 2.80 bits per heavy atom. The van der Waals surface area contributed by atoms with Gasteiger partial charge in [-0.2, -0.15) is 5.10 Å². The van der Waals surface area contributed by atoms with E-state index in [-0.39, 0.29) is 0 Å². The highest BCUT2D eigenvalue weighted by molar-refractivity contribution is 6.30. The van der Waals surface area contributed by atoms with E-state index in [9.17, 15) is 5.11 Å². The van der Waals surface area contributed by atoms with Crippen molar-refractivity contribution in [1.29, 1.82) is 0 Å². The van der Waals surface area contributed by atoms with Gasteiger partial charge in [0.15, 0.2) is 0 Å². The highest BCUT2D eigenvalue weighted by atomic mass is 35.5. The first kappa shape index (κ1) is 13.2. The quantitative estimate of drug-likeness (QED) is 0.800. The molecule has 4 heteroatoms. The third-order valence-corrected chi connectivity index (χ3v) is 3.69. The van der Waals surface area contributed by atoms with Crippen LogP contribution in [0.15, 0.2) is 48.5 Å². The number of aryl methyl sites for hydroxylation is 1. The first-order valence-corrected chi connectivity index (χ1v) is 6.87. The summed E-state index contributed by atoms with van der Waals surface area (Å²) in [7, 11) is 1.91. The molecule has 1 aromatic heterocycles. The second-order valence-electron chi connectivity index (χ2n) is 4.86. The molecule has 0 spiro atoms. The van der Waals surface area contributed by atoms with Gasteiger partial charge in [0.1, 0.15) is 0 Å². The van der Waals surface area contributed by atoms with E-state index in [0.29, 0.717) is 11.4 Å². The van der Waals surface area contributed by atoms with Crippen molar-refractivity contribution in [3.05, 3.63) is 64.8 Å². The number of aliphatic hydroxyl groups excluding tert-OH is 1. The fourth-order valence-electron chi connectivity index (χ4n) is 2.45. The Bertz CT molecular complexity index is 751. The molecule has 0 saturated heterocycles. The molecule has 2 aromatic carbocycles. The van der Waals surface area contributed by atoms with Gasteiger partial charge in [-0.25, -0.2) is 0 Å². The van der Waals surface area contributed by atoms with Gasteiger partial charge in [0.2, 0.25) is 0 Å². The maximum atomic E-state index is 10.4.